The second-order valence-corrected chi connectivity index (χ2v) is 11.4. The molecule has 4 rings (SSSR count). The first-order chi connectivity index (χ1) is 10.7. The molecule has 0 unspecified atom stereocenters. The summed E-state index contributed by atoms with van der Waals surface area (Å²) in [6.45, 7) is 4.22. The van der Waals surface area contributed by atoms with Crippen molar-refractivity contribution in [3.8, 4) is 0 Å². The maximum atomic E-state index is 5.94. The average Bonchev–Trinajstić information content (AvgIpc) is 3.07. The van der Waals surface area contributed by atoms with Crippen molar-refractivity contribution in [1.82, 2.24) is 0 Å². The Kier molecular flexibility index (Phi) is 3.63. The van der Waals surface area contributed by atoms with Crippen LogP contribution >= 0.6 is 0 Å². The third-order valence-electron chi connectivity index (χ3n) is 3.50. The number of hydrogen-bond acceptors (Lipinski definition) is 2. The van der Waals surface area contributed by atoms with E-state index in [1.165, 1.54) is 21.9 Å². The Morgan fingerprint density at radius 2 is 1.09 bits per heavy atom. The monoisotopic (exact) mass is 422 g/mol. The number of hydrogen-bond donors (Lipinski definition) is 0. The SMILES string of the molecule is Cc1ccc2oc([Se][Se]c3cc4cc(C)ccc4o3)cc2c1. The standard InChI is InChI=1S/C18H14O2Se2/c1-11-3-5-15-13(7-11)9-17(19-15)21-22-18-10-14-8-12(2)4-6-16(14)20-18/h3-10H,1-2H3. The minimum absolute atomic E-state index is 0.308. The maximum absolute atomic E-state index is 5.94. The number of benzene rings is 2. The van der Waals surface area contributed by atoms with E-state index in [0.29, 0.717) is 26.3 Å². The molecule has 0 radical (unpaired) electrons. The second kappa shape index (κ2) is 5.64. The molecule has 0 bridgehead atoms. The molecule has 2 heterocycles. The van der Waals surface area contributed by atoms with Gasteiger partial charge in [0.05, 0.1) is 0 Å². The van der Waals surface area contributed by atoms with Gasteiger partial charge >= 0.3 is 140 Å². The zero-order chi connectivity index (χ0) is 15.1. The van der Waals surface area contributed by atoms with E-state index in [2.05, 4.69) is 62.4 Å². The average molecular weight is 420 g/mol. The molecule has 0 atom stereocenters. The van der Waals surface area contributed by atoms with Crippen molar-refractivity contribution in [1.29, 1.82) is 0 Å². The molecule has 4 heteroatoms. The summed E-state index contributed by atoms with van der Waals surface area (Å²) >= 11 is 0.617. The molecule has 0 spiro atoms. The summed E-state index contributed by atoms with van der Waals surface area (Å²) in [4.78, 5) is 0. The molecule has 0 amide bonds. The molecule has 0 saturated heterocycles. The molecule has 0 fully saturated rings. The van der Waals surface area contributed by atoms with E-state index in [0.717, 1.165) is 20.5 Å². The van der Waals surface area contributed by atoms with Gasteiger partial charge in [0.15, 0.2) is 0 Å². The van der Waals surface area contributed by atoms with E-state index in [1.54, 1.807) is 0 Å². The van der Waals surface area contributed by atoms with Gasteiger partial charge in [-0.15, -0.1) is 0 Å². The van der Waals surface area contributed by atoms with Crippen LogP contribution in [0.5, 0.6) is 0 Å². The van der Waals surface area contributed by atoms with Gasteiger partial charge in [-0.05, 0) is 0 Å². The first-order valence-corrected chi connectivity index (χ1v) is 13.1. The first-order valence-electron chi connectivity index (χ1n) is 7.02. The fourth-order valence-corrected chi connectivity index (χ4v) is 7.62. The van der Waals surface area contributed by atoms with Crippen LogP contribution in [-0.2, 0) is 0 Å². The third-order valence-corrected chi connectivity index (χ3v) is 9.70. The van der Waals surface area contributed by atoms with E-state index in [1.807, 2.05) is 0 Å². The molecule has 22 heavy (non-hydrogen) atoms. The number of fused-ring (bicyclic) bond motifs is 2. The zero-order valence-corrected chi connectivity index (χ0v) is 15.7. The summed E-state index contributed by atoms with van der Waals surface area (Å²) in [7, 11) is 0. The van der Waals surface area contributed by atoms with Crippen LogP contribution in [0.1, 0.15) is 11.1 Å². The van der Waals surface area contributed by atoms with Gasteiger partial charge in [-0.25, -0.2) is 0 Å². The quantitative estimate of drug-likeness (QED) is 0.477. The summed E-state index contributed by atoms with van der Waals surface area (Å²) in [5.74, 6) is 0. The van der Waals surface area contributed by atoms with Crippen molar-refractivity contribution in [2.75, 3.05) is 0 Å². The number of aryl methyl sites for hydroxylation is 2. The number of furan rings is 2. The van der Waals surface area contributed by atoms with Crippen molar-refractivity contribution in [3.63, 3.8) is 0 Å². The van der Waals surface area contributed by atoms with Crippen LogP contribution in [-0.4, -0.2) is 26.3 Å². The second-order valence-electron chi connectivity index (χ2n) is 5.38. The van der Waals surface area contributed by atoms with Crippen LogP contribution < -0.4 is 9.32 Å². The van der Waals surface area contributed by atoms with Crippen molar-refractivity contribution < 1.29 is 8.83 Å². The Hall–Kier alpha value is -1.44. The fraction of sp³-hybridized carbons (Fsp3) is 0.111. The van der Waals surface area contributed by atoms with Crippen molar-refractivity contribution in [3.05, 3.63) is 59.7 Å². The van der Waals surface area contributed by atoms with Gasteiger partial charge in [-0.2, -0.15) is 0 Å². The van der Waals surface area contributed by atoms with Gasteiger partial charge in [0.1, 0.15) is 0 Å². The van der Waals surface area contributed by atoms with E-state index < -0.39 is 0 Å². The van der Waals surface area contributed by atoms with Crippen LogP contribution in [0.2, 0.25) is 0 Å². The Morgan fingerprint density at radius 1 is 0.636 bits per heavy atom. The fourth-order valence-electron chi connectivity index (χ4n) is 2.44. The molecule has 2 aromatic heterocycles. The zero-order valence-electron chi connectivity index (χ0n) is 12.3. The Labute approximate surface area is 139 Å². The first kappa shape index (κ1) is 14.2. The van der Waals surface area contributed by atoms with Gasteiger partial charge in [-0.3, -0.25) is 0 Å². The summed E-state index contributed by atoms with van der Waals surface area (Å²) in [5.41, 5.74) is 4.51. The molecular weight excluding hydrogens is 406 g/mol. The van der Waals surface area contributed by atoms with Gasteiger partial charge < -0.3 is 0 Å². The Balaban J connectivity index is 1.56. The molecule has 4 aromatic rings. The molecular formula is C18H14O2Se2. The van der Waals surface area contributed by atoms with Gasteiger partial charge in [-0.1, -0.05) is 0 Å². The predicted octanol–water partition coefficient (Wildman–Crippen LogP) is 3.07. The molecule has 0 aliphatic carbocycles. The van der Waals surface area contributed by atoms with E-state index in [-0.39, 0.29) is 0 Å². The molecule has 0 aliphatic heterocycles. The van der Waals surface area contributed by atoms with Crippen LogP contribution in [0.3, 0.4) is 0 Å². The third kappa shape index (κ3) is 2.76. The number of rotatable bonds is 3. The summed E-state index contributed by atoms with van der Waals surface area (Å²) < 4.78 is 14.1. The van der Waals surface area contributed by atoms with Crippen LogP contribution in [0, 0.1) is 13.8 Å². The molecule has 110 valence electrons. The Morgan fingerprint density at radius 3 is 1.55 bits per heavy atom. The van der Waals surface area contributed by atoms with Crippen molar-refractivity contribution in [2.24, 2.45) is 0 Å². The van der Waals surface area contributed by atoms with E-state index in [9.17, 15) is 0 Å². The van der Waals surface area contributed by atoms with E-state index >= 15 is 0 Å². The summed E-state index contributed by atoms with van der Waals surface area (Å²) in [6, 6.07) is 17.0. The van der Waals surface area contributed by atoms with Crippen LogP contribution in [0.15, 0.2) is 57.4 Å². The van der Waals surface area contributed by atoms with Crippen LogP contribution in [0.25, 0.3) is 21.9 Å². The molecule has 0 saturated carbocycles. The normalized spacial score (nSPS) is 11.5. The van der Waals surface area contributed by atoms with Crippen molar-refractivity contribution >= 4 is 57.5 Å². The summed E-state index contributed by atoms with van der Waals surface area (Å²) in [6.07, 6.45) is 0. The Bertz CT molecular complexity index is 886. The minimum atomic E-state index is 0.308. The molecule has 2 aromatic carbocycles. The van der Waals surface area contributed by atoms with Gasteiger partial charge in [0.2, 0.25) is 0 Å². The van der Waals surface area contributed by atoms with Crippen molar-refractivity contribution in [2.45, 2.75) is 13.8 Å². The topological polar surface area (TPSA) is 26.3 Å². The van der Waals surface area contributed by atoms with Crippen LogP contribution in [0.4, 0.5) is 0 Å². The molecule has 0 N–H and O–H groups in total. The van der Waals surface area contributed by atoms with E-state index in [4.69, 9.17) is 8.83 Å². The molecule has 0 aliphatic rings. The predicted molar refractivity (Wildman–Crippen MR) is 92.7 cm³/mol. The van der Waals surface area contributed by atoms with Gasteiger partial charge in [0, 0.05) is 0 Å². The van der Waals surface area contributed by atoms with Gasteiger partial charge in [0.25, 0.3) is 0 Å². The molecule has 2 nitrogen and oxygen atoms in total. The summed E-state index contributed by atoms with van der Waals surface area (Å²) in [5, 5.41) is 2.40.